The molecule has 1 atom stereocenters. The number of rotatable bonds is 4. The predicted molar refractivity (Wildman–Crippen MR) is 91.6 cm³/mol. The van der Waals surface area contributed by atoms with Crippen LogP contribution in [-0.2, 0) is 28.9 Å². The molecule has 1 aliphatic rings. The molecule has 0 saturated carbocycles. The minimum absolute atomic E-state index is 0.00831. The highest BCUT2D eigenvalue weighted by molar-refractivity contribution is 7.91. The first kappa shape index (κ1) is 19.9. The van der Waals surface area contributed by atoms with Crippen molar-refractivity contribution in [2.75, 3.05) is 18.6 Å². The summed E-state index contributed by atoms with van der Waals surface area (Å²) in [5, 5.41) is 0. The van der Waals surface area contributed by atoms with Crippen molar-refractivity contribution in [3.63, 3.8) is 0 Å². The molecule has 7 nitrogen and oxygen atoms in total. The van der Waals surface area contributed by atoms with E-state index in [2.05, 4.69) is 0 Å². The number of hydrogen-bond acceptors (Lipinski definition) is 7. The van der Waals surface area contributed by atoms with Gasteiger partial charge in [-0.3, -0.25) is 4.18 Å². The first-order valence-electron chi connectivity index (χ1n) is 7.72. The number of ether oxygens (including phenoxy) is 1. The van der Waals surface area contributed by atoms with Gasteiger partial charge in [-0.1, -0.05) is 13.8 Å². The number of carbonyl (C=O) groups is 1. The van der Waals surface area contributed by atoms with Crippen molar-refractivity contribution in [2.24, 2.45) is 5.41 Å². The molecule has 0 spiro atoms. The molecule has 9 heteroatoms. The largest absolute Gasteiger partial charge is 0.462 e. The van der Waals surface area contributed by atoms with E-state index < -0.39 is 37.4 Å². The van der Waals surface area contributed by atoms with Crippen molar-refractivity contribution in [3.8, 4) is 0 Å². The molecular formula is C16H22O7S2. The van der Waals surface area contributed by atoms with Crippen LogP contribution in [0.2, 0.25) is 0 Å². The maximum atomic E-state index is 12.6. The Balaban J connectivity index is 2.78. The highest BCUT2D eigenvalue weighted by Crippen LogP contribution is 2.48. The average Bonchev–Trinajstić information content (AvgIpc) is 2.41. The van der Waals surface area contributed by atoms with Gasteiger partial charge in [0.05, 0.1) is 29.1 Å². The van der Waals surface area contributed by atoms with E-state index in [9.17, 15) is 21.6 Å². The van der Waals surface area contributed by atoms with Crippen molar-refractivity contribution >= 4 is 25.9 Å². The molecule has 2 rings (SSSR count). The SMILES string of the molecule is CCOC(=O)c1ccc2c(c1C)C(OS(C)(=O)=O)C(C)(C)CS2(=O)=O. The second-order valence-corrected chi connectivity index (χ2v) is 10.4. The first-order chi connectivity index (χ1) is 11.3. The summed E-state index contributed by atoms with van der Waals surface area (Å²) in [6.07, 6.45) is -0.105. The Morgan fingerprint density at radius 1 is 1.32 bits per heavy atom. The summed E-state index contributed by atoms with van der Waals surface area (Å²) in [6.45, 7) is 6.65. The van der Waals surface area contributed by atoms with Gasteiger partial charge in [-0.05, 0) is 31.5 Å². The van der Waals surface area contributed by atoms with Gasteiger partial charge in [0.15, 0.2) is 9.84 Å². The molecule has 0 N–H and O–H groups in total. The van der Waals surface area contributed by atoms with E-state index in [1.54, 1.807) is 27.7 Å². The van der Waals surface area contributed by atoms with E-state index in [0.717, 1.165) is 6.26 Å². The van der Waals surface area contributed by atoms with Gasteiger partial charge in [0, 0.05) is 11.0 Å². The van der Waals surface area contributed by atoms with Crippen LogP contribution in [0.4, 0.5) is 0 Å². The van der Waals surface area contributed by atoms with Crippen molar-refractivity contribution in [2.45, 2.75) is 38.7 Å². The predicted octanol–water partition coefficient (Wildman–Crippen LogP) is 2.00. The van der Waals surface area contributed by atoms with Crippen molar-refractivity contribution in [3.05, 3.63) is 28.8 Å². The zero-order chi connectivity index (χ0) is 19.2. The number of hydrogen-bond donors (Lipinski definition) is 0. The normalized spacial score (nSPS) is 21.4. The van der Waals surface area contributed by atoms with Crippen LogP contribution in [-0.4, -0.2) is 41.4 Å². The van der Waals surface area contributed by atoms with Gasteiger partial charge in [0.2, 0.25) is 0 Å². The summed E-state index contributed by atoms with van der Waals surface area (Å²) in [7, 11) is -7.49. The lowest BCUT2D eigenvalue weighted by Crippen LogP contribution is -2.39. The van der Waals surface area contributed by atoms with Crippen LogP contribution in [0.1, 0.15) is 48.4 Å². The molecule has 1 aliphatic heterocycles. The van der Waals surface area contributed by atoms with E-state index in [1.807, 2.05) is 0 Å². The summed E-state index contributed by atoms with van der Waals surface area (Å²) < 4.78 is 59.0. The lowest BCUT2D eigenvalue weighted by molar-refractivity contribution is 0.0523. The molecule has 0 bridgehead atoms. The fourth-order valence-electron chi connectivity index (χ4n) is 3.12. The molecule has 1 heterocycles. The Hall–Kier alpha value is -1.45. The maximum absolute atomic E-state index is 12.6. The van der Waals surface area contributed by atoms with Crippen LogP contribution < -0.4 is 0 Å². The van der Waals surface area contributed by atoms with E-state index in [-0.39, 0.29) is 28.4 Å². The number of benzene rings is 1. The summed E-state index contributed by atoms with van der Waals surface area (Å²) in [5.74, 6) is -0.854. The molecule has 1 aromatic carbocycles. The van der Waals surface area contributed by atoms with E-state index in [4.69, 9.17) is 8.92 Å². The van der Waals surface area contributed by atoms with Gasteiger partial charge in [0.1, 0.15) is 6.10 Å². The molecule has 0 saturated heterocycles. The molecule has 0 fully saturated rings. The third kappa shape index (κ3) is 3.88. The average molecular weight is 390 g/mol. The molecule has 1 unspecified atom stereocenters. The van der Waals surface area contributed by atoms with Crippen LogP contribution in [0, 0.1) is 12.3 Å². The summed E-state index contributed by atoms with van der Waals surface area (Å²) >= 11 is 0. The molecule has 1 aromatic rings. The number of carbonyl (C=O) groups excluding carboxylic acids is 1. The molecule has 0 radical (unpaired) electrons. The topological polar surface area (TPSA) is 104 Å². The fraction of sp³-hybridized carbons (Fsp3) is 0.562. The summed E-state index contributed by atoms with van der Waals surface area (Å²) in [4.78, 5) is 12.1. The van der Waals surface area contributed by atoms with Crippen molar-refractivity contribution < 1.29 is 30.6 Å². The van der Waals surface area contributed by atoms with Gasteiger partial charge in [-0.15, -0.1) is 0 Å². The fourth-order valence-corrected chi connectivity index (χ4v) is 5.98. The standard InChI is InChI=1S/C16H22O7S2/c1-6-22-15(17)11-7-8-12-13(10(11)2)14(23-24(5,18)19)16(3,4)9-25(12,20)21/h7-8,14H,6,9H2,1-5H3. The van der Waals surface area contributed by atoms with Crippen LogP contribution in [0.25, 0.3) is 0 Å². The quantitative estimate of drug-likeness (QED) is 0.572. The van der Waals surface area contributed by atoms with Crippen molar-refractivity contribution in [1.29, 1.82) is 0 Å². The van der Waals surface area contributed by atoms with Gasteiger partial charge < -0.3 is 4.74 Å². The monoisotopic (exact) mass is 390 g/mol. The maximum Gasteiger partial charge on any atom is 0.338 e. The third-order valence-corrected chi connectivity index (χ3v) is 6.80. The third-order valence-electron chi connectivity index (χ3n) is 4.11. The molecule has 25 heavy (non-hydrogen) atoms. The van der Waals surface area contributed by atoms with Gasteiger partial charge in [-0.2, -0.15) is 8.42 Å². The van der Waals surface area contributed by atoms with Gasteiger partial charge >= 0.3 is 5.97 Å². The van der Waals surface area contributed by atoms with Gasteiger partial charge in [-0.25, -0.2) is 13.2 Å². The lowest BCUT2D eigenvalue weighted by atomic mass is 9.81. The molecule has 0 aliphatic carbocycles. The highest BCUT2D eigenvalue weighted by atomic mass is 32.2. The molecule has 0 aromatic heterocycles. The minimum Gasteiger partial charge on any atom is -0.462 e. The Labute approximate surface area is 148 Å². The zero-order valence-electron chi connectivity index (χ0n) is 14.8. The second kappa shape index (κ2) is 6.37. The summed E-state index contributed by atoms with van der Waals surface area (Å²) in [5.41, 5.74) is -0.253. The van der Waals surface area contributed by atoms with Crippen LogP contribution in [0.5, 0.6) is 0 Å². The van der Waals surface area contributed by atoms with Crippen LogP contribution in [0.15, 0.2) is 17.0 Å². The lowest BCUT2D eigenvalue weighted by Gasteiger charge is -2.39. The van der Waals surface area contributed by atoms with Gasteiger partial charge in [0.25, 0.3) is 10.1 Å². The van der Waals surface area contributed by atoms with Crippen LogP contribution >= 0.6 is 0 Å². The first-order valence-corrected chi connectivity index (χ1v) is 11.2. The zero-order valence-corrected chi connectivity index (χ0v) is 16.5. The van der Waals surface area contributed by atoms with E-state index >= 15 is 0 Å². The number of esters is 1. The molecule has 140 valence electrons. The summed E-state index contributed by atoms with van der Waals surface area (Å²) in [6, 6.07) is 2.71. The van der Waals surface area contributed by atoms with E-state index in [1.165, 1.54) is 12.1 Å². The smallest absolute Gasteiger partial charge is 0.338 e. The Morgan fingerprint density at radius 3 is 2.44 bits per heavy atom. The Morgan fingerprint density at radius 2 is 1.92 bits per heavy atom. The Bertz CT molecular complexity index is 912. The van der Waals surface area contributed by atoms with E-state index in [0.29, 0.717) is 5.56 Å². The second-order valence-electron chi connectivity index (χ2n) is 6.80. The highest BCUT2D eigenvalue weighted by Gasteiger charge is 2.47. The van der Waals surface area contributed by atoms with Crippen LogP contribution in [0.3, 0.4) is 0 Å². The number of sulfone groups is 1. The molecule has 0 amide bonds. The molecular weight excluding hydrogens is 368 g/mol. The van der Waals surface area contributed by atoms with Crippen molar-refractivity contribution in [1.82, 2.24) is 0 Å². The minimum atomic E-state index is -3.85. The number of fused-ring (bicyclic) bond motifs is 1. The Kier molecular flexibility index (Phi) is 5.06.